The molecule has 0 rings (SSSR count). The van der Waals surface area contributed by atoms with Gasteiger partial charge >= 0.3 is 0 Å². The molecule has 0 aromatic rings. The van der Waals surface area contributed by atoms with Gasteiger partial charge in [-0.15, -0.1) is 0 Å². The molecule has 0 bridgehead atoms. The van der Waals surface area contributed by atoms with Gasteiger partial charge in [-0.2, -0.15) is 0 Å². The highest BCUT2D eigenvalue weighted by molar-refractivity contribution is 5.89. The number of allylic oxidation sites excluding steroid dienone is 2. The van der Waals surface area contributed by atoms with Crippen molar-refractivity contribution in [2.24, 2.45) is 0 Å². The van der Waals surface area contributed by atoms with Crippen molar-refractivity contribution >= 4 is 5.78 Å². The molecule has 0 amide bonds. The van der Waals surface area contributed by atoms with Gasteiger partial charge in [0.1, 0.15) is 0 Å². The Morgan fingerprint density at radius 3 is 1.64 bits per heavy atom. The Bertz CT molecular complexity index is 255. The molecule has 0 heterocycles. The van der Waals surface area contributed by atoms with E-state index in [9.17, 15) is 4.79 Å². The Morgan fingerprint density at radius 1 is 0.636 bits per heavy atom. The quantitative estimate of drug-likeness (QED) is 0.202. The maximum absolute atomic E-state index is 11.7. The summed E-state index contributed by atoms with van der Waals surface area (Å²) >= 11 is 0. The maximum atomic E-state index is 11.7. The van der Waals surface area contributed by atoms with E-state index in [1.54, 1.807) is 0 Å². The highest BCUT2D eigenvalue weighted by atomic mass is 16.1. The number of carbonyl (C=O) groups excluding carboxylic acids is 1. The number of hydrogen-bond donors (Lipinski definition) is 0. The average Bonchev–Trinajstić information content (AvgIpc) is 2.52. The van der Waals surface area contributed by atoms with Crippen LogP contribution in [-0.2, 0) is 4.79 Å². The van der Waals surface area contributed by atoms with Crippen LogP contribution in [0.4, 0.5) is 0 Å². The minimum absolute atomic E-state index is 0.329. The molecule has 0 spiro atoms. The Morgan fingerprint density at radius 2 is 1.09 bits per heavy atom. The molecule has 130 valence electrons. The fraction of sp³-hybridized carbons (Fsp3) is 0.857. The molecule has 0 radical (unpaired) electrons. The van der Waals surface area contributed by atoms with Crippen LogP contribution in [0, 0.1) is 0 Å². The van der Waals surface area contributed by atoms with Crippen molar-refractivity contribution in [1.29, 1.82) is 0 Å². The third-order valence-corrected chi connectivity index (χ3v) is 4.30. The molecule has 1 heteroatoms. The number of carbonyl (C=O) groups is 1. The first-order valence-electron chi connectivity index (χ1n) is 10.0. The summed E-state index contributed by atoms with van der Waals surface area (Å²) in [5.41, 5.74) is 0. The van der Waals surface area contributed by atoms with Crippen LogP contribution >= 0.6 is 0 Å². The van der Waals surface area contributed by atoms with Gasteiger partial charge in [0, 0.05) is 6.42 Å². The largest absolute Gasteiger partial charge is 0.295 e. The van der Waals surface area contributed by atoms with Crippen LogP contribution in [0.25, 0.3) is 0 Å². The van der Waals surface area contributed by atoms with Gasteiger partial charge < -0.3 is 0 Å². The van der Waals surface area contributed by atoms with E-state index < -0.39 is 0 Å². The molecule has 0 aliphatic carbocycles. The normalized spacial score (nSPS) is 11.4. The molecular weight excluding hydrogens is 268 g/mol. The van der Waals surface area contributed by atoms with Crippen molar-refractivity contribution in [3.05, 3.63) is 12.2 Å². The van der Waals surface area contributed by atoms with E-state index in [0.29, 0.717) is 5.78 Å². The molecule has 0 aliphatic rings. The van der Waals surface area contributed by atoms with Gasteiger partial charge in [-0.1, -0.05) is 97.0 Å². The summed E-state index contributed by atoms with van der Waals surface area (Å²) in [5.74, 6) is 0.329. The predicted molar refractivity (Wildman–Crippen MR) is 99.4 cm³/mol. The van der Waals surface area contributed by atoms with Crippen LogP contribution < -0.4 is 0 Å². The smallest absolute Gasteiger partial charge is 0.155 e. The van der Waals surface area contributed by atoms with E-state index >= 15 is 0 Å². The van der Waals surface area contributed by atoms with Crippen LogP contribution in [0.15, 0.2) is 12.2 Å². The molecule has 0 atom stereocenters. The maximum Gasteiger partial charge on any atom is 0.155 e. The third kappa shape index (κ3) is 17.5. The zero-order valence-electron chi connectivity index (χ0n) is 15.4. The molecular formula is C21H40O. The van der Waals surface area contributed by atoms with Crippen molar-refractivity contribution in [2.75, 3.05) is 0 Å². The van der Waals surface area contributed by atoms with Crippen LogP contribution in [0.5, 0.6) is 0 Å². The number of hydrogen-bond acceptors (Lipinski definition) is 1. The van der Waals surface area contributed by atoms with E-state index in [2.05, 4.69) is 19.9 Å². The first kappa shape index (κ1) is 21.4. The number of rotatable bonds is 17. The standard InChI is InChI=1S/C21H40O/c1-3-5-7-9-11-12-13-14-16-18-20-21(22)19-17-15-10-8-6-4-2/h17,19H,3-16,18,20H2,1-2H3. The summed E-state index contributed by atoms with van der Waals surface area (Å²) in [6.07, 6.45) is 24.2. The molecule has 0 fully saturated rings. The average molecular weight is 309 g/mol. The first-order chi connectivity index (χ1) is 10.8. The second-order valence-corrected chi connectivity index (χ2v) is 6.65. The first-order valence-corrected chi connectivity index (χ1v) is 10.0. The molecule has 0 N–H and O–H groups in total. The second kappa shape index (κ2) is 18.5. The molecule has 1 nitrogen and oxygen atoms in total. The van der Waals surface area contributed by atoms with Crippen LogP contribution in [0.2, 0.25) is 0 Å². The summed E-state index contributed by atoms with van der Waals surface area (Å²) in [6, 6.07) is 0. The minimum atomic E-state index is 0.329. The van der Waals surface area contributed by atoms with Gasteiger partial charge in [-0.3, -0.25) is 4.79 Å². The minimum Gasteiger partial charge on any atom is -0.295 e. The van der Waals surface area contributed by atoms with Crippen LogP contribution in [0.3, 0.4) is 0 Å². The summed E-state index contributed by atoms with van der Waals surface area (Å²) in [6.45, 7) is 4.49. The van der Waals surface area contributed by atoms with E-state index in [1.807, 2.05) is 6.08 Å². The highest BCUT2D eigenvalue weighted by Gasteiger charge is 1.97. The molecule has 0 saturated carbocycles. The summed E-state index contributed by atoms with van der Waals surface area (Å²) in [4.78, 5) is 11.7. The van der Waals surface area contributed by atoms with E-state index in [0.717, 1.165) is 19.3 Å². The summed E-state index contributed by atoms with van der Waals surface area (Å²) < 4.78 is 0. The lowest BCUT2D eigenvalue weighted by atomic mass is 10.0. The molecule has 0 aliphatic heterocycles. The van der Waals surface area contributed by atoms with Gasteiger partial charge in [0.15, 0.2) is 5.78 Å². The summed E-state index contributed by atoms with van der Waals surface area (Å²) in [5, 5.41) is 0. The Kier molecular flexibility index (Phi) is 18.0. The highest BCUT2D eigenvalue weighted by Crippen LogP contribution is 2.11. The second-order valence-electron chi connectivity index (χ2n) is 6.65. The van der Waals surface area contributed by atoms with Crippen LogP contribution in [-0.4, -0.2) is 5.78 Å². The van der Waals surface area contributed by atoms with Crippen LogP contribution in [0.1, 0.15) is 117 Å². The summed E-state index contributed by atoms with van der Waals surface area (Å²) in [7, 11) is 0. The fourth-order valence-electron chi connectivity index (χ4n) is 2.77. The third-order valence-electron chi connectivity index (χ3n) is 4.30. The topological polar surface area (TPSA) is 17.1 Å². The zero-order chi connectivity index (χ0) is 16.3. The van der Waals surface area contributed by atoms with Gasteiger partial charge in [-0.25, -0.2) is 0 Å². The van der Waals surface area contributed by atoms with E-state index in [4.69, 9.17) is 0 Å². The SMILES string of the molecule is CCCCCCC=CC(=O)CCCCCCCCCCCC. The monoisotopic (exact) mass is 308 g/mol. The zero-order valence-corrected chi connectivity index (χ0v) is 15.4. The fourth-order valence-corrected chi connectivity index (χ4v) is 2.77. The van der Waals surface area contributed by atoms with E-state index in [1.165, 1.54) is 83.5 Å². The Balaban J connectivity index is 3.22. The van der Waals surface area contributed by atoms with Gasteiger partial charge in [0.25, 0.3) is 0 Å². The molecule has 0 aromatic heterocycles. The predicted octanol–water partition coefficient (Wildman–Crippen LogP) is 7.39. The molecule has 0 unspecified atom stereocenters. The van der Waals surface area contributed by atoms with Gasteiger partial charge in [0.05, 0.1) is 0 Å². The molecule has 0 aromatic carbocycles. The van der Waals surface area contributed by atoms with Gasteiger partial charge in [0.2, 0.25) is 0 Å². The number of unbranched alkanes of at least 4 members (excludes halogenated alkanes) is 13. The lowest BCUT2D eigenvalue weighted by Gasteiger charge is -2.01. The molecule has 22 heavy (non-hydrogen) atoms. The van der Waals surface area contributed by atoms with E-state index in [-0.39, 0.29) is 0 Å². The van der Waals surface area contributed by atoms with Crippen molar-refractivity contribution in [1.82, 2.24) is 0 Å². The lowest BCUT2D eigenvalue weighted by Crippen LogP contribution is -1.92. The van der Waals surface area contributed by atoms with Crippen molar-refractivity contribution in [3.63, 3.8) is 0 Å². The van der Waals surface area contributed by atoms with Crippen molar-refractivity contribution in [2.45, 2.75) is 117 Å². The number of ketones is 1. The Hall–Kier alpha value is -0.590. The van der Waals surface area contributed by atoms with Crippen molar-refractivity contribution < 1.29 is 4.79 Å². The van der Waals surface area contributed by atoms with Gasteiger partial charge in [-0.05, 0) is 25.3 Å². The van der Waals surface area contributed by atoms with Crippen molar-refractivity contribution in [3.8, 4) is 0 Å². The lowest BCUT2D eigenvalue weighted by molar-refractivity contribution is -0.114. The molecule has 0 saturated heterocycles. The Labute approximate surface area is 140 Å².